The van der Waals surface area contributed by atoms with E-state index in [0.29, 0.717) is 28.8 Å². The van der Waals surface area contributed by atoms with Gasteiger partial charge in [0.25, 0.3) is 0 Å². The third-order valence-corrected chi connectivity index (χ3v) is 7.79. The summed E-state index contributed by atoms with van der Waals surface area (Å²) in [4.78, 5) is 18.8. The molecule has 0 saturated carbocycles. The van der Waals surface area contributed by atoms with Crippen LogP contribution in [0.1, 0.15) is 24.0 Å². The molecule has 8 heteroatoms. The fraction of sp³-hybridized carbons (Fsp3) is 0.231. The van der Waals surface area contributed by atoms with Crippen LogP contribution >= 0.6 is 11.3 Å². The number of hydrogen-bond donors (Lipinski definition) is 1. The molecule has 176 valence electrons. The van der Waals surface area contributed by atoms with Gasteiger partial charge in [0, 0.05) is 12.1 Å². The van der Waals surface area contributed by atoms with Crippen LogP contribution in [-0.4, -0.2) is 35.4 Å². The maximum Gasteiger partial charge on any atom is 0.234 e. The number of amides is 1. The summed E-state index contributed by atoms with van der Waals surface area (Å²) in [6.45, 7) is 1.89. The van der Waals surface area contributed by atoms with Crippen LogP contribution in [0.2, 0.25) is 0 Å². The number of aromatic nitrogens is 1. The van der Waals surface area contributed by atoms with Gasteiger partial charge in [0.1, 0.15) is 5.75 Å². The number of nitrogens with one attached hydrogen (secondary N) is 1. The number of rotatable bonds is 9. The summed E-state index contributed by atoms with van der Waals surface area (Å²) < 4.78 is 23.8. The summed E-state index contributed by atoms with van der Waals surface area (Å²) in [5.74, 6) is 1.18. The molecule has 1 N–H and O–H groups in total. The van der Waals surface area contributed by atoms with Crippen molar-refractivity contribution in [3.05, 3.63) is 77.9 Å². The zero-order chi connectivity index (χ0) is 24.1. The Balaban J connectivity index is 1.62. The summed E-state index contributed by atoms with van der Waals surface area (Å²) >= 11 is 0.348. The van der Waals surface area contributed by atoms with Crippen molar-refractivity contribution in [3.63, 3.8) is 0 Å². The minimum Gasteiger partial charge on any atom is -0.611 e. The molecule has 0 spiro atoms. The summed E-state index contributed by atoms with van der Waals surface area (Å²) in [6, 6.07) is 21.0. The molecule has 1 amide bonds. The van der Waals surface area contributed by atoms with Gasteiger partial charge in [-0.25, -0.2) is 4.98 Å². The van der Waals surface area contributed by atoms with Crippen molar-refractivity contribution in [1.29, 1.82) is 0 Å². The first-order valence-corrected chi connectivity index (χ1v) is 13.0. The molecule has 0 aliphatic rings. The Morgan fingerprint density at radius 3 is 2.38 bits per heavy atom. The second kappa shape index (κ2) is 10.9. The minimum absolute atomic E-state index is 0.147. The lowest BCUT2D eigenvalue weighted by Crippen LogP contribution is -2.23. The van der Waals surface area contributed by atoms with Crippen LogP contribution in [0.25, 0.3) is 10.2 Å². The first-order valence-electron chi connectivity index (χ1n) is 10.9. The Labute approximate surface area is 206 Å². The highest BCUT2D eigenvalue weighted by Gasteiger charge is 2.23. The van der Waals surface area contributed by atoms with E-state index in [1.165, 1.54) is 11.3 Å². The average molecular weight is 495 g/mol. The van der Waals surface area contributed by atoms with Gasteiger partial charge in [0.05, 0.1) is 30.4 Å². The number of anilines is 1. The largest absolute Gasteiger partial charge is 0.611 e. The summed E-state index contributed by atoms with van der Waals surface area (Å²) in [5, 5.41) is 3.51. The molecule has 1 heterocycles. The predicted octanol–water partition coefficient (Wildman–Crippen LogP) is 5.41. The number of hydrogen-bond acceptors (Lipinski definition) is 6. The van der Waals surface area contributed by atoms with Gasteiger partial charge in [-0.15, -0.1) is 0 Å². The molecule has 2 atom stereocenters. The van der Waals surface area contributed by atoms with E-state index in [-0.39, 0.29) is 5.91 Å². The second-order valence-electron chi connectivity index (χ2n) is 7.63. The van der Waals surface area contributed by atoms with Crippen LogP contribution in [0.5, 0.6) is 11.5 Å². The molecule has 0 radical (unpaired) electrons. The standard InChI is InChI=1S/C26H26N2O4S2/c1-4-34(30)19-12-10-18(11-13-19)20(14-17-8-6-5-7-9-17)25(29)28-26-27-21-15-22(31-2)23(32-3)16-24(21)33-26/h5-13,15-16,20H,4,14H2,1-3H3,(H,27,28,29). The van der Waals surface area contributed by atoms with E-state index in [1.54, 1.807) is 20.3 Å². The van der Waals surface area contributed by atoms with Crippen LogP contribution in [-0.2, 0) is 22.4 Å². The van der Waals surface area contributed by atoms with Gasteiger partial charge in [-0.05, 0) is 47.8 Å². The van der Waals surface area contributed by atoms with Gasteiger partial charge in [-0.3, -0.25) is 4.79 Å². The predicted molar refractivity (Wildman–Crippen MR) is 138 cm³/mol. The van der Waals surface area contributed by atoms with Gasteiger partial charge in [0.15, 0.2) is 21.5 Å². The van der Waals surface area contributed by atoms with E-state index in [9.17, 15) is 9.35 Å². The molecule has 0 saturated heterocycles. The summed E-state index contributed by atoms with van der Waals surface area (Å²) in [5.41, 5.74) is 2.65. The number of nitrogens with zero attached hydrogens (tertiary/aromatic N) is 1. The Morgan fingerprint density at radius 1 is 1.06 bits per heavy atom. The number of fused-ring (bicyclic) bond motifs is 1. The fourth-order valence-electron chi connectivity index (χ4n) is 3.73. The van der Waals surface area contributed by atoms with Crippen LogP contribution < -0.4 is 14.8 Å². The number of carbonyl (C=O) groups is 1. The normalized spacial score (nSPS) is 12.8. The van der Waals surface area contributed by atoms with Crippen molar-refractivity contribution in [1.82, 2.24) is 4.98 Å². The van der Waals surface area contributed by atoms with Crippen molar-refractivity contribution in [2.24, 2.45) is 0 Å². The van der Waals surface area contributed by atoms with Crippen LogP contribution in [0.15, 0.2) is 71.6 Å². The van der Waals surface area contributed by atoms with Gasteiger partial charge >= 0.3 is 0 Å². The first-order chi connectivity index (χ1) is 16.5. The number of methoxy groups -OCH3 is 2. The van der Waals surface area contributed by atoms with E-state index in [1.807, 2.05) is 67.6 Å². The van der Waals surface area contributed by atoms with Crippen molar-refractivity contribution < 1.29 is 18.8 Å². The fourth-order valence-corrected chi connectivity index (χ4v) is 5.38. The average Bonchev–Trinajstić information content (AvgIpc) is 3.27. The maximum atomic E-state index is 13.5. The van der Waals surface area contributed by atoms with E-state index in [2.05, 4.69) is 10.3 Å². The highest BCUT2D eigenvalue weighted by Crippen LogP contribution is 2.36. The smallest absolute Gasteiger partial charge is 0.234 e. The van der Waals surface area contributed by atoms with Gasteiger partial charge < -0.3 is 19.3 Å². The topological polar surface area (TPSA) is 83.5 Å². The molecule has 0 fully saturated rings. The molecular weight excluding hydrogens is 468 g/mol. The Morgan fingerprint density at radius 2 is 1.74 bits per heavy atom. The van der Waals surface area contributed by atoms with Gasteiger partial charge in [-0.2, -0.15) is 0 Å². The highest BCUT2D eigenvalue weighted by atomic mass is 32.2. The molecule has 3 aromatic carbocycles. The molecule has 4 rings (SSSR count). The van der Waals surface area contributed by atoms with E-state index in [0.717, 1.165) is 26.2 Å². The highest BCUT2D eigenvalue weighted by molar-refractivity contribution is 7.91. The summed E-state index contributed by atoms with van der Waals surface area (Å²) in [6.07, 6.45) is 0.537. The van der Waals surface area contributed by atoms with Crippen molar-refractivity contribution in [2.45, 2.75) is 24.2 Å². The Bertz CT molecular complexity index is 1220. The molecule has 1 aromatic heterocycles. The first kappa shape index (κ1) is 24.1. The monoisotopic (exact) mass is 494 g/mol. The molecular formula is C26H26N2O4S2. The van der Waals surface area contributed by atoms with E-state index >= 15 is 0 Å². The quantitative estimate of drug-likeness (QED) is 0.315. The molecule has 4 aromatic rings. The van der Waals surface area contributed by atoms with Crippen molar-refractivity contribution in [3.8, 4) is 11.5 Å². The molecule has 0 bridgehead atoms. The molecule has 0 aliphatic carbocycles. The molecule has 2 unspecified atom stereocenters. The third kappa shape index (κ3) is 5.35. The lowest BCUT2D eigenvalue weighted by molar-refractivity contribution is -0.117. The Kier molecular flexibility index (Phi) is 7.72. The zero-order valence-electron chi connectivity index (χ0n) is 19.2. The maximum absolute atomic E-state index is 13.5. The van der Waals surface area contributed by atoms with Gasteiger partial charge in [0.2, 0.25) is 5.91 Å². The SMILES string of the molecule is CC[S+]([O-])c1ccc(C(Cc2ccccc2)C(=O)Nc2nc3cc(OC)c(OC)cc3s2)cc1. The van der Waals surface area contributed by atoms with E-state index in [4.69, 9.17) is 9.47 Å². The number of carbonyl (C=O) groups excluding carboxylic acids is 1. The Hall–Kier alpha value is -3.07. The van der Waals surface area contributed by atoms with Crippen molar-refractivity contribution in [2.75, 3.05) is 25.3 Å². The van der Waals surface area contributed by atoms with Crippen LogP contribution in [0.4, 0.5) is 5.13 Å². The van der Waals surface area contributed by atoms with Crippen molar-refractivity contribution >= 4 is 43.8 Å². The third-order valence-electron chi connectivity index (χ3n) is 5.53. The molecule has 34 heavy (non-hydrogen) atoms. The van der Waals surface area contributed by atoms with E-state index < -0.39 is 17.1 Å². The zero-order valence-corrected chi connectivity index (χ0v) is 20.9. The van der Waals surface area contributed by atoms with Gasteiger partial charge in [-0.1, -0.05) is 53.8 Å². The van der Waals surface area contributed by atoms with Crippen LogP contribution in [0.3, 0.4) is 0 Å². The molecule has 0 aliphatic heterocycles. The second-order valence-corrected chi connectivity index (χ2v) is 10.4. The number of thiazole rings is 1. The minimum atomic E-state index is -1.04. The molecule has 6 nitrogen and oxygen atoms in total. The summed E-state index contributed by atoms with van der Waals surface area (Å²) in [7, 11) is 3.16. The number of benzene rings is 3. The van der Waals surface area contributed by atoms with Crippen LogP contribution in [0, 0.1) is 0 Å². The lowest BCUT2D eigenvalue weighted by Gasteiger charge is -2.17. The number of ether oxygens (including phenoxy) is 2. The lowest BCUT2D eigenvalue weighted by atomic mass is 9.91.